The third-order valence-electron chi connectivity index (χ3n) is 5.82. The molecule has 166 valence electrons. The van der Waals surface area contributed by atoms with E-state index in [0.29, 0.717) is 23.0 Å². The van der Waals surface area contributed by atoms with Gasteiger partial charge in [-0.25, -0.2) is 0 Å². The molecule has 1 atom stereocenters. The van der Waals surface area contributed by atoms with E-state index in [1.165, 1.54) is 0 Å². The molecule has 1 aliphatic heterocycles. The molecule has 8 nitrogen and oxygen atoms in total. The predicted octanol–water partition coefficient (Wildman–Crippen LogP) is 4.18. The summed E-state index contributed by atoms with van der Waals surface area (Å²) in [5.74, 6) is 1.56. The lowest BCUT2D eigenvalue weighted by molar-refractivity contribution is 0.0921. The molecular weight excluding hydrogens is 418 g/mol. The van der Waals surface area contributed by atoms with Crippen LogP contribution in [0.1, 0.15) is 35.1 Å². The molecule has 0 radical (unpaired) electrons. The number of benzene rings is 3. The van der Waals surface area contributed by atoms with Crippen LogP contribution in [0.2, 0.25) is 0 Å². The van der Waals surface area contributed by atoms with E-state index in [0.717, 1.165) is 35.7 Å². The third kappa shape index (κ3) is 4.27. The molecule has 3 N–H and O–H groups in total. The topological polar surface area (TPSA) is 118 Å². The number of guanidine groups is 1. The number of nitrogens with zero attached hydrogens (tertiary/aromatic N) is 3. The standard InChI is InChI=1S/C25H23N5O3/c26-25(27)30-12-4-7-21(30)24-28-23(29-33-24)19-9-8-18-14-20(11-10-17(18)13-19)32-15-22(31)16-5-2-1-3-6-16/h1-3,5-6,8-11,13-14,21H,4,7,12,15H2,(H3,26,27)/t21-/m0/s1. The average Bonchev–Trinajstić information content (AvgIpc) is 3.52. The van der Waals surface area contributed by atoms with Crippen LogP contribution in [0, 0.1) is 5.41 Å². The van der Waals surface area contributed by atoms with E-state index in [1.54, 1.807) is 17.0 Å². The first-order chi connectivity index (χ1) is 16.1. The first-order valence-corrected chi connectivity index (χ1v) is 10.8. The number of carbonyl (C=O) groups is 1. The summed E-state index contributed by atoms with van der Waals surface area (Å²) in [4.78, 5) is 18.6. The summed E-state index contributed by atoms with van der Waals surface area (Å²) >= 11 is 0. The van der Waals surface area contributed by atoms with Crippen molar-refractivity contribution in [3.05, 3.63) is 78.2 Å². The zero-order valence-corrected chi connectivity index (χ0v) is 17.9. The molecule has 8 heteroatoms. The zero-order chi connectivity index (χ0) is 22.8. The minimum Gasteiger partial charge on any atom is -0.485 e. The van der Waals surface area contributed by atoms with E-state index in [-0.39, 0.29) is 24.4 Å². The van der Waals surface area contributed by atoms with Gasteiger partial charge in [0, 0.05) is 17.7 Å². The molecule has 2 heterocycles. The summed E-state index contributed by atoms with van der Waals surface area (Å²) in [5.41, 5.74) is 7.14. The van der Waals surface area contributed by atoms with Crippen molar-refractivity contribution < 1.29 is 14.1 Å². The van der Waals surface area contributed by atoms with Gasteiger partial charge in [-0.1, -0.05) is 53.7 Å². The number of ketones is 1. The third-order valence-corrected chi connectivity index (χ3v) is 5.82. The van der Waals surface area contributed by atoms with E-state index >= 15 is 0 Å². The van der Waals surface area contributed by atoms with Crippen molar-refractivity contribution in [3.8, 4) is 17.1 Å². The fourth-order valence-corrected chi connectivity index (χ4v) is 4.11. The van der Waals surface area contributed by atoms with Crippen molar-refractivity contribution in [1.29, 1.82) is 5.41 Å². The van der Waals surface area contributed by atoms with E-state index in [4.69, 9.17) is 20.4 Å². The number of fused-ring (bicyclic) bond motifs is 1. The fraction of sp³-hybridized carbons (Fsp3) is 0.200. The molecule has 1 fully saturated rings. The maximum absolute atomic E-state index is 12.3. The summed E-state index contributed by atoms with van der Waals surface area (Å²) in [6.07, 6.45) is 1.76. The molecular formula is C25H23N5O3. The minimum atomic E-state index is -0.150. The number of carbonyl (C=O) groups excluding carboxylic acids is 1. The molecule has 1 saturated heterocycles. The summed E-state index contributed by atoms with van der Waals surface area (Å²) < 4.78 is 11.2. The van der Waals surface area contributed by atoms with Gasteiger partial charge in [0.1, 0.15) is 11.8 Å². The van der Waals surface area contributed by atoms with Gasteiger partial charge in [-0.3, -0.25) is 10.2 Å². The number of Topliss-reactive ketones (excluding diaryl/α,β-unsaturated/α-hetero) is 1. The number of hydrogen-bond acceptors (Lipinski definition) is 6. The molecule has 4 aromatic rings. The number of nitrogens with two attached hydrogens (primary N) is 1. The molecule has 3 aromatic carbocycles. The number of likely N-dealkylation sites (tertiary alicyclic amines) is 1. The van der Waals surface area contributed by atoms with Crippen LogP contribution in [0.25, 0.3) is 22.2 Å². The van der Waals surface area contributed by atoms with Crippen LogP contribution in [0.5, 0.6) is 5.75 Å². The average molecular weight is 441 g/mol. The number of rotatable bonds is 6. The molecule has 0 saturated carbocycles. The highest BCUT2D eigenvalue weighted by Gasteiger charge is 2.31. The van der Waals surface area contributed by atoms with Gasteiger partial charge in [-0.15, -0.1) is 0 Å². The Bertz CT molecular complexity index is 1320. The summed E-state index contributed by atoms with van der Waals surface area (Å²) in [7, 11) is 0. The summed E-state index contributed by atoms with van der Waals surface area (Å²) in [6, 6.07) is 20.5. The van der Waals surface area contributed by atoms with Gasteiger partial charge < -0.3 is 19.9 Å². The number of nitrogens with one attached hydrogen (secondary N) is 1. The van der Waals surface area contributed by atoms with Crippen LogP contribution in [-0.4, -0.2) is 39.9 Å². The number of hydrogen-bond donors (Lipinski definition) is 2. The fourth-order valence-electron chi connectivity index (χ4n) is 4.11. The number of ether oxygens (including phenoxy) is 1. The predicted molar refractivity (Wildman–Crippen MR) is 124 cm³/mol. The van der Waals surface area contributed by atoms with Gasteiger partial charge in [0.2, 0.25) is 11.7 Å². The van der Waals surface area contributed by atoms with Crippen LogP contribution in [0.3, 0.4) is 0 Å². The lowest BCUT2D eigenvalue weighted by Gasteiger charge is -2.21. The highest BCUT2D eigenvalue weighted by atomic mass is 16.5. The quantitative estimate of drug-likeness (QED) is 0.262. The maximum atomic E-state index is 12.3. The molecule has 0 aliphatic carbocycles. The molecule has 0 bridgehead atoms. The van der Waals surface area contributed by atoms with Crippen molar-refractivity contribution in [3.63, 3.8) is 0 Å². The Kier molecular flexibility index (Phi) is 5.48. The Balaban J connectivity index is 1.31. The van der Waals surface area contributed by atoms with Gasteiger partial charge in [0.15, 0.2) is 18.3 Å². The first-order valence-electron chi connectivity index (χ1n) is 10.8. The molecule has 0 amide bonds. The van der Waals surface area contributed by atoms with Gasteiger partial charge >= 0.3 is 0 Å². The summed E-state index contributed by atoms with van der Waals surface area (Å²) in [5, 5.41) is 13.8. The van der Waals surface area contributed by atoms with Crippen molar-refractivity contribution in [1.82, 2.24) is 15.0 Å². The highest BCUT2D eigenvalue weighted by Crippen LogP contribution is 2.32. The second-order valence-corrected chi connectivity index (χ2v) is 7.99. The lowest BCUT2D eigenvalue weighted by atomic mass is 10.1. The maximum Gasteiger partial charge on any atom is 0.249 e. The minimum absolute atomic E-state index is 0.0162. The largest absolute Gasteiger partial charge is 0.485 e. The van der Waals surface area contributed by atoms with Crippen molar-refractivity contribution >= 4 is 22.5 Å². The molecule has 5 rings (SSSR count). The van der Waals surface area contributed by atoms with E-state index < -0.39 is 0 Å². The molecule has 1 aliphatic rings. The van der Waals surface area contributed by atoms with Crippen molar-refractivity contribution in [2.24, 2.45) is 5.73 Å². The lowest BCUT2D eigenvalue weighted by Crippen LogP contribution is -2.35. The monoisotopic (exact) mass is 441 g/mol. The Morgan fingerprint density at radius 2 is 1.91 bits per heavy atom. The van der Waals surface area contributed by atoms with Crippen LogP contribution < -0.4 is 10.5 Å². The Morgan fingerprint density at radius 3 is 2.73 bits per heavy atom. The second kappa shape index (κ2) is 8.74. The molecule has 0 unspecified atom stereocenters. The van der Waals surface area contributed by atoms with Gasteiger partial charge in [-0.2, -0.15) is 4.98 Å². The van der Waals surface area contributed by atoms with Gasteiger partial charge in [-0.05, 0) is 41.8 Å². The van der Waals surface area contributed by atoms with Crippen molar-refractivity contribution in [2.75, 3.05) is 13.2 Å². The van der Waals surface area contributed by atoms with Crippen LogP contribution in [0.4, 0.5) is 0 Å². The molecule has 0 spiro atoms. The SMILES string of the molecule is N=C(N)N1CCC[C@H]1c1nc(-c2ccc3cc(OCC(=O)c4ccccc4)ccc3c2)no1. The Hall–Kier alpha value is -4.20. The van der Waals surface area contributed by atoms with E-state index in [9.17, 15) is 4.79 Å². The smallest absolute Gasteiger partial charge is 0.249 e. The number of aromatic nitrogens is 2. The molecule has 33 heavy (non-hydrogen) atoms. The van der Waals surface area contributed by atoms with E-state index in [2.05, 4.69) is 10.1 Å². The van der Waals surface area contributed by atoms with Gasteiger partial charge in [0.25, 0.3) is 0 Å². The van der Waals surface area contributed by atoms with Crippen LogP contribution in [0.15, 0.2) is 71.3 Å². The summed E-state index contributed by atoms with van der Waals surface area (Å²) in [6.45, 7) is 0.701. The zero-order valence-electron chi connectivity index (χ0n) is 17.9. The van der Waals surface area contributed by atoms with Crippen molar-refractivity contribution in [2.45, 2.75) is 18.9 Å². The van der Waals surface area contributed by atoms with Crippen LogP contribution in [-0.2, 0) is 0 Å². The Labute approximate surface area is 190 Å². The Morgan fingerprint density at radius 1 is 1.12 bits per heavy atom. The van der Waals surface area contributed by atoms with Gasteiger partial charge in [0.05, 0.1) is 0 Å². The molecule has 1 aromatic heterocycles. The van der Waals surface area contributed by atoms with Crippen LogP contribution >= 0.6 is 0 Å². The normalized spacial score (nSPS) is 15.6. The first kappa shape index (κ1) is 20.7. The second-order valence-electron chi connectivity index (χ2n) is 7.99. The van der Waals surface area contributed by atoms with E-state index in [1.807, 2.05) is 54.6 Å². The highest BCUT2D eigenvalue weighted by molar-refractivity contribution is 5.97.